The Kier molecular flexibility index (Phi) is 28.7. The Balaban J connectivity index is 0.00000243. The van der Waals surface area contributed by atoms with Crippen molar-refractivity contribution in [2.45, 2.75) is 111 Å². The number of aliphatic hydroxyl groups is 1. The first-order valence-corrected chi connectivity index (χ1v) is 20.8. The van der Waals surface area contributed by atoms with Crippen LogP contribution in [0.15, 0.2) is 18.2 Å². The van der Waals surface area contributed by atoms with Crippen LogP contribution in [0.3, 0.4) is 0 Å². The SMILES string of the molecule is CCCCOCCOCCOCCOCCC(=O)NC(C(=O)NCC(=O)Nc1ccc(COC(=O)C(C)C)cc1OC1CC(O)CC(C(=O)O)O1)C(C)C.CCCNC(N)=O. The number of rotatable bonds is 29. The third-order valence-corrected chi connectivity index (χ3v) is 8.44. The first-order valence-electron chi connectivity index (χ1n) is 20.8. The lowest BCUT2D eigenvalue weighted by Crippen LogP contribution is -2.51. The second-order valence-corrected chi connectivity index (χ2v) is 14.6. The molecule has 0 aromatic heterocycles. The lowest BCUT2D eigenvalue weighted by atomic mass is 10.0. The number of urea groups is 1. The van der Waals surface area contributed by atoms with Crippen molar-refractivity contribution in [3.63, 3.8) is 0 Å². The van der Waals surface area contributed by atoms with Crippen LogP contribution in [0.25, 0.3) is 0 Å². The molecule has 20 heteroatoms. The number of amides is 5. The van der Waals surface area contributed by atoms with Crippen LogP contribution < -0.4 is 31.7 Å². The topological polar surface area (TPSA) is 282 Å². The minimum absolute atomic E-state index is 0.0164. The first-order chi connectivity index (χ1) is 29.1. The predicted molar refractivity (Wildman–Crippen MR) is 222 cm³/mol. The fourth-order valence-electron chi connectivity index (χ4n) is 5.09. The average molecular weight is 872 g/mol. The van der Waals surface area contributed by atoms with Gasteiger partial charge in [0.25, 0.3) is 0 Å². The van der Waals surface area contributed by atoms with Crippen molar-refractivity contribution < 1.29 is 72.1 Å². The van der Waals surface area contributed by atoms with Gasteiger partial charge in [-0.1, -0.05) is 54.0 Å². The molecule has 4 atom stereocenters. The van der Waals surface area contributed by atoms with Crippen LogP contribution in [0.1, 0.15) is 85.6 Å². The minimum Gasteiger partial charge on any atom is -0.479 e. The van der Waals surface area contributed by atoms with E-state index in [2.05, 4.69) is 28.2 Å². The zero-order valence-electron chi connectivity index (χ0n) is 36.5. The number of carbonyl (C=O) groups is 6. The molecular weight excluding hydrogens is 802 g/mol. The molecule has 1 heterocycles. The molecule has 0 bridgehead atoms. The molecule has 1 aromatic carbocycles. The second kappa shape index (κ2) is 32.2. The van der Waals surface area contributed by atoms with Gasteiger partial charge in [0.1, 0.15) is 18.4 Å². The van der Waals surface area contributed by atoms with Gasteiger partial charge in [0.15, 0.2) is 6.10 Å². The molecule has 1 saturated heterocycles. The van der Waals surface area contributed by atoms with E-state index in [0.717, 1.165) is 25.9 Å². The van der Waals surface area contributed by atoms with E-state index in [1.807, 2.05) is 6.92 Å². The van der Waals surface area contributed by atoms with Gasteiger partial charge in [0, 0.05) is 32.4 Å². The number of carboxylic acid groups (broad SMARTS) is 1. The van der Waals surface area contributed by atoms with Gasteiger partial charge in [-0.05, 0) is 36.5 Å². The summed E-state index contributed by atoms with van der Waals surface area (Å²) in [6.45, 7) is 14.5. The number of hydrogen-bond donors (Lipinski definition) is 7. The highest BCUT2D eigenvalue weighted by Crippen LogP contribution is 2.31. The van der Waals surface area contributed by atoms with Crippen molar-refractivity contribution in [3.8, 4) is 5.75 Å². The van der Waals surface area contributed by atoms with Crippen molar-refractivity contribution in [2.24, 2.45) is 17.6 Å². The Bertz CT molecular complexity index is 1460. The number of esters is 1. The first kappa shape index (κ1) is 54.4. The number of anilines is 1. The number of nitrogens with two attached hydrogens (primary N) is 1. The molecule has 0 radical (unpaired) electrons. The maximum absolute atomic E-state index is 13.0. The van der Waals surface area contributed by atoms with Crippen LogP contribution in [0.4, 0.5) is 10.5 Å². The smallest absolute Gasteiger partial charge is 0.333 e. The van der Waals surface area contributed by atoms with E-state index in [4.69, 9.17) is 38.9 Å². The van der Waals surface area contributed by atoms with Crippen LogP contribution in [0.5, 0.6) is 5.75 Å². The molecule has 5 amide bonds. The third kappa shape index (κ3) is 25.7. The summed E-state index contributed by atoms with van der Waals surface area (Å²) in [5.41, 5.74) is 5.39. The van der Waals surface area contributed by atoms with Crippen molar-refractivity contribution >= 4 is 41.4 Å². The predicted octanol–water partition coefficient (Wildman–Crippen LogP) is 2.23. The maximum atomic E-state index is 13.0. The molecule has 4 unspecified atom stereocenters. The van der Waals surface area contributed by atoms with Crippen LogP contribution >= 0.6 is 0 Å². The van der Waals surface area contributed by atoms with Crippen LogP contribution in [-0.4, -0.2) is 136 Å². The Morgan fingerprint density at radius 2 is 1.46 bits per heavy atom. The normalized spacial score (nSPS) is 16.4. The van der Waals surface area contributed by atoms with Crippen LogP contribution in [0.2, 0.25) is 0 Å². The summed E-state index contributed by atoms with van der Waals surface area (Å²) < 4.78 is 38.4. The summed E-state index contributed by atoms with van der Waals surface area (Å²) in [5.74, 6) is -3.87. The second-order valence-electron chi connectivity index (χ2n) is 14.6. The Hall–Kier alpha value is -4.60. The van der Waals surface area contributed by atoms with E-state index in [-0.39, 0.29) is 62.4 Å². The van der Waals surface area contributed by atoms with Crippen LogP contribution in [0, 0.1) is 11.8 Å². The van der Waals surface area contributed by atoms with Gasteiger partial charge in [-0.25, -0.2) is 9.59 Å². The van der Waals surface area contributed by atoms with Gasteiger partial charge < -0.3 is 70.4 Å². The number of nitrogens with one attached hydrogen (secondary N) is 4. The zero-order chi connectivity index (χ0) is 45.6. The quantitative estimate of drug-likeness (QED) is 0.0449. The molecule has 2 rings (SSSR count). The number of unbranched alkanes of at least 4 members (excludes halogenated alkanes) is 1. The van der Waals surface area contributed by atoms with Crippen molar-refractivity contribution in [2.75, 3.05) is 71.3 Å². The summed E-state index contributed by atoms with van der Waals surface area (Å²) >= 11 is 0. The van der Waals surface area contributed by atoms with E-state index in [1.165, 1.54) is 12.1 Å². The summed E-state index contributed by atoms with van der Waals surface area (Å²) in [4.78, 5) is 72.0. The summed E-state index contributed by atoms with van der Waals surface area (Å²) in [5, 5.41) is 29.9. The van der Waals surface area contributed by atoms with Crippen LogP contribution in [-0.2, 0) is 59.0 Å². The molecule has 1 aromatic rings. The fraction of sp³-hybridized carbons (Fsp3) is 0.707. The number of primary amides is 1. The lowest BCUT2D eigenvalue weighted by Gasteiger charge is -2.31. The van der Waals surface area contributed by atoms with Gasteiger partial charge >= 0.3 is 18.0 Å². The molecule has 1 aliphatic heterocycles. The summed E-state index contributed by atoms with van der Waals surface area (Å²) in [6, 6.07) is 3.21. The highest BCUT2D eigenvalue weighted by Gasteiger charge is 2.34. The molecular formula is C41H69N5O15. The van der Waals surface area contributed by atoms with E-state index in [1.54, 1.807) is 33.8 Å². The number of hydrogen-bond acceptors (Lipinski definition) is 14. The van der Waals surface area contributed by atoms with Crippen molar-refractivity contribution in [3.05, 3.63) is 23.8 Å². The number of carboxylic acids is 1. The standard InChI is InChI=1S/C37H59N3O14.C4H10N2O/c1-6-7-11-48-13-15-50-17-18-51-16-14-49-12-10-31(42)40-34(24(2)3)35(44)38-22-32(43)39-28-9-8-26(23-52-37(47)25(4)5)19-29(28)53-33-21-27(41)20-30(54-33)36(45)46;1-2-3-6-4(5)7/h8-9,19,24-25,27,30,33-34,41H,6-7,10-18,20-23H2,1-5H3,(H,38,44)(H,39,43)(H,40,42)(H,45,46);2-3H2,1H3,(H3,5,6,7). The molecule has 1 aliphatic rings. The number of aliphatic hydroxyl groups excluding tert-OH is 1. The fourth-order valence-corrected chi connectivity index (χ4v) is 5.09. The molecule has 8 N–H and O–H groups in total. The molecule has 0 spiro atoms. The van der Waals surface area contributed by atoms with Crippen molar-refractivity contribution in [1.82, 2.24) is 16.0 Å². The molecule has 0 aliphatic carbocycles. The Labute approximate surface area is 358 Å². The van der Waals surface area contributed by atoms with E-state index < -0.39 is 66.8 Å². The third-order valence-electron chi connectivity index (χ3n) is 8.44. The number of ether oxygens (including phenoxy) is 7. The van der Waals surface area contributed by atoms with Gasteiger partial charge in [0.05, 0.1) is 70.5 Å². The number of carbonyl (C=O) groups excluding carboxylic acids is 5. The number of benzene rings is 1. The molecule has 20 nitrogen and oxygen atoms in total. The molecule has 348 valence electrons. The largest absolute Gasteiger partial charge is 0.479 e. The summed E-state index contributed by atoms with van der Waals surface area (Å²) in [6.07, 6.45) is -0.539. The average Bonchev–Trinajstić information content (AvgIpc) is 3.20. The van der Waals surface area contributed by atoms with E-state index >= 15 is 0 Å². The summed E-state index contributed by atoms with van der Waals surface area (Å²) in [7, 11) is 0. The number of aliphatic carboxylic acids is 1. The zero-order valence-corrected chi connectivity index (χ0v) is 36.5. The molecule has 61 heavy (non-hydrogen) atoms. The van der Waals surface area contributed by atoms with Gasteiger partial charge in [-0.3, -0.25) is 19.2 Å². The lowest BCUT2D eigenvalue weighted by molar-refractivity contribution is -0.195. The Morgan fingerprint density at radius 1 is 0.836 bits per heavy atom. The monoisotopic (exact) mass is 871 g/mol. The highest BCUT2D eigenvalue weighted by atomic mass is 16.7. The Morgan fingerprint density at radius 3 is 2.00 bits per heavy atom. The van der Waals surface area contributed by atoms with Crippen molar-refractivity contribution in [1.29, 1.82) is 0 Å². The van der Waals surface area contributed by atoms with Gasteiger partial charge in [0.2, 0.25) is 24.0 Å². The van der Waals surface area contributed by atoms with E-state index in [9.17, 15) is 39.0 Å². The molecule has 0 saturated carbocycles. The maximum Gasteiger partial charge on any atom is 0.333 e. The minimum atomic E-state index is -1.30. The molecule has 1 fully saturated rings. The highest BCUT2D eigenvalue weighted by molar-refractivity contribution is 5.97. The van der Waals surface area contributed by atoms with Gasteiger partial charge in [-0.2, -0.15) is 0 Å². The van der Waals surface area contributed by atoms with Gasteiger partial charge in [-0.15, -0.1) is 0 Å². The van der Waals surface area contributed by atoms with E-state index in [0.29, 0.717) is 45.1 Å².